The van der Waals surface area contributed by atoms with Gasteiger partial charge in [-0.3, -0.25) is 18.8 Å². The van der Waals surface area contributed by atoms with Gasteiger partial charge in [-0.1, -0.05) is 30.3 Å². The van der Waals surface area contributed by atoms with Crippen LogP contribution >= 0.6 is 0 Å². The van der Waals surface area contributed by atoms with E-state index < -0.39 is 0 Å². The fourth-order valence-electron chi connectivity index (χ4n) is 4.16. The van der Waals surface area contributed by atoms with Gasteiger partial charge in [0, 0.05) is 33.7 Å². The monoisotopic (exact) mass is 397 g/mol. The van der Waals surface area contributed by atoms with Gasteiger partial charge in [-0.2, -0.15) is 0 Å². The van der Waals surface area contributed by atoms with E-state index in [0.717, 1.165) is 29.0 Å². The summed E-state index contributed by atoms with van der Waals surface area (Å²) in [6.07, 6.45) is 0.283. The second-order valence-electron chi connectivity index (χ2n) is 7.93. The Morgan fingerprint density at radius 1 is 1.00 bits per heavy atom. The molecule has 0 aliphatic carbocycles. The van der Waals surface area contributed by atoms with Gasteiger partial charge in [-0.25, -0.2) is 9.78 Å². The third-order valence-corrected chi connectivity index (χ3v) is 5.47. The Morgan fingerprint density at radius 3 is 2.31 bits per heavy atom. The SMILES string of the molecule is C[C@H]1CN(Cc2nc3c(c(=O)n(C)c(=O)n3C)n2Cc2ccccc2)C[C@H](C)O1. The maximum absolute atomic E-state index is 13.0. The van der Waals surface area contributed by atoms with E-state index in [0.29, 0.717) is 24.3 Å². The zero-order valence-electron chi connectivity index (χ0n) is 17.3. The number of nitrogens with zero attached hydrogens (tertiary/aromatic N) is 5. The molecule has 0 spiro atoms. The first-order valence-electron chi connectivity index (χ1n) is 9.92. The first-order valence-corrected chi connectivity index (χ1v) is 9.92. The van der Waals surface area contributed by atoms with E-state index in [-0.39, 0.29) is 23.5 Å². The molecular weight excluding hydrogens is 370 g/mol. The summed E-state index contributed by atoms with van der Waals surface area (Å²) in [4.78, 5) is 32.4. The first kappa shape index (κ1) is 19.6. The van der Waals surface area contributed by atoms with Gasteiger partial charge < -0.3 is 9.30 Å². The third-order valence-electron chi connectivity index (χ3n) is 5.47. The molecule has 0 saturated carbocycles. The molecule has 4 rings (SSSR count). The van der Waals surface area contributed by atoms with Gasteiger partial charge in [-0.05, 0) is 19.4 Å². The minimum absolute atomic E-state index is 0.142. The molecule has 0 N–H and O–H groups in total. The van der Waals surface area contributed by atoms with Crippen LogP contribution < -0.4 is 11.2 Å². The standard InChI is InChI=1S/C21H27N5O3/c1-14-10-25(11-15(2)29-14)13-17-22-19-18(20(27)24(4)21(28)23(19)3)26(17)12-16-8-6-5-7-9-16/h5-9,14-15H,10-13H2,1-4H3/t14-,15-/m0/s1. The smallest absolute Gasteiger partial charge is 0.332 e. The topological polar surface area (TPSA) is 74.3 Å². The van der Waals surface area contributed by atoms with E-state index in [1.165, 1.54) is 11.6 Å². The van der Waals surface area contributed by atoms with Gasteiger partial charge in [0.15, 0.2) is 11.2 Å². The van der Waals surface area contributed by atoms with Crippen molar-refractivity contribution in [1.29, 1.82) is 0 Å². The van der Waals surface area contributed by atoms with Crippen LogP contribution in [0.25, 0.3) is 11.2 Å². The van der Waals surface area contributed by atoms with E-state index in [9.17, 15) is 9.59 Å². The molecule has 2 atom stereocenters. The number of aromatic nitrogens is 4. The fourth-order valence-corrected chi connectivity index (χ4v) is 4.16. The van der Waals surface area contributed by atoms with Crippen molar-refractivity contribution in [3.63, 3.8) is 0 Å². The minimum Gasteiger partial charge on any atom is -0.373 e. The highest BCUT2D eigenvalue weighted by Gasteiger charge is 2.25. The molecule has 29 heavy (non-hydrogen) atoms. The van der Waals surface area contributed by atoms with Crippen molar-refractivity contribution in [2.45, 2.75) is 39.1 Å². The highest BCUT2D eigenvalue weighted by molar-refractivity contribution is 5.71. The van der Waals surface area contributed by atoms with Crippen LogP contribution in [0.4, 0.5) is 0 Å². The van der Waals surface area contributed by atoms with E-state index in [1.54, 1.807) is 7.05 Å². The van der Waals surface area contributed by atoms with Crippen molar-refractivity contribution < 1.29 is 4.74 Å². The number of rotatable bonds is 4. The van der Waals surface area contributed by atoms with Crippen molar-refractivity contribution in [1.82, 2.24) is 23.6 Å². The van der Waals surface area contributed by atoms with Gasteiger partial charge >= 0.3 is 5.69 Å². The molecule has 8 heteroatoms. The van der Waals surface area contributed by atoms with E-state index in [1.807, 2.05) is 34.9 Å². The lowest BCUT2D eigenvalue weighted by Crippen LogP contribution is -2.45. The first-order chi connectivity index (χ1) is 13.8. The molecule has 0 bridgehead atoms. The fraction of sp³-hybridized carbons (Fsp3) is 0.476. The molecular formula is C21H27N5O3. The number of ether oxygens (including phenoxy) is 1. The quantitative estimate of drug-likeness (QED) is 0.659. The Morgan fingerprint density at radius 2 is 1.66 bits per heavy atom. The maximum atomic E-state index is 13.0. The number of benzene rings is 1. The largest absolute Gasteiger partial charge is 0.373 e. The second-order valence-corrected chi connectivity index (χ2v) is 7.93. The molecule has 8 nitrogen and oxygen atoms in total. The summed E-state index contributed by atoms with van der Waals surface area (Å²) in [5.74, 6) is 0.781. The molecule has 3 aromatic rings. The molecule has 1 saturated heterocycles. The summed E-state index contributed by atoms with van der Waals surface area (Å²) in [7, 11) is 3.17. The van der Waals surface area contributed by atoms with Gasteiger partial charge in [0.25, 0.3) is 5.56 Å². The molecule has 3 heterocycles. The predicted octanol–water partition coefficient (Wildman–Crippen LogP) is 1.09. The number of morpholine rings is 1. The summed E-state index contributed by atoms with van der Waals surface area (Å²) < 4.78 is 10.4. The zero-order chi connectivity index (χ0) is 20.7. The Bertz CT molecular complexity index is 1140. The normalized spacial score (nSPS) is 20.4. The molecule has 2 aromatic heterocycles. The van der Waals surface area contributed by atoms with Gasteiger partial charge in [-0.15, -0.1) is 0 Å². The van der Waals surface area contributed by atoms with E-state index in [4.69, 9.17) is 9.72 Å². The number of hydrogen-bond acceptors (Lipinski definition) is 5. The molecule has 154 valence electrons. The molecule has 0 radical (unpaired) electrons. The van der Waals surface area contributed by atoms with E-state index >= 15 is 0 Å². The van der Waals surface area contributed by atoms with Crippen LogP contribution in [0.3, 0.4) is 0 Å². The lowest BCUT2D eigenvalue weighted by atomic mass is 10.2. The molecule has 1 fully saturated rings. The maximum Gasteiger partial charge on any atom is 0.332 e. The molecule has 0 amide bonds. The number of fused-ring (bicyclic) bond motifs is 1. The lowest BCUT2D eigenvalue weighted by molar-refractivity contribution is -0.0712. The Labute approximate surface area is 169 Å². The van der Waals surface area contributed by atoms with Crippen LogP contribution in [0, 0.1) is 0 Å². The van der Waals surface area contributed by atoms with Gasteiger partial charge in [0.1, 0.15) is 5.82 Å². The summed E-state index contributed by atoms with van der Waals surface area (Å²) >= 11 is 0. The highest BCUT2D eigenvalue weighted by atomic mass is 16.5. The van der Waals surface area contributed by atoms with E-state index in [2.05, 4.69) is 18.7 Å². The summed E-state index contributed by atoms with van der Waals surface area (Å²) in [5.41, 5.74) is 1.28. The average Bonchev–Trinajstić information content (AvgIpc) is 3.03. The van der Waals surface area contributed by atoms with Crippen molar-refractivity contribution in [3.05, 3.63) is 62.6 Å². The molecule has 1 aliphatic heterocycles. The molecule has 1 aromatic carbocycles. The average molecular weight is 397 g/mol. The van der Waals surface area contributed by atoms with Crippen molar-refractivity contribution in [3.8, 4) is 0 Å². The van der Waals surface area contributed by atoms with Crippen LogP contribution in [0.2, 0.25) is 0 Å². The van der Waals surface area contributed by atoms with Crippen molar-refractivity contribution >= 4 is 11.2 Å². The summed E-state index contributed by atoms with van der Waals surface area (Å²) in [6, 6.07) is 9.98. The van der Waals surface area contributed by atoms with Crippen LogP contribution in [-0.4, -0.2) is 48.9 Å². The number of imidazole rings is 1. The second kappa shape index (κ2) is 7.61. The van der Waals surface area contributed by atoms with Crippen LogP contribution in [-0.2, 0) is 31.9 Å². The molecule has 1 aliphatic rings. The van der Waals surface area contributed by atoms with Crippen molar-refractivity contribution in [2.24, 2.45) is 14.1 Å². The van der Waals surface area contributed by atoms with Crippen LogP contribution in [0.15, 0.2) is 39.9 Å². The molecule has 0 unspecified atom stereocenters. The Hall–Kier alpha value is -2.71. The van der Waals surface area contributed by atoms with Crippen LogP contribution in [0.5, 0.6) is 0 Å². The Kier molecular flexibility index (Phi) is 5.14. The van der Waals surface area contributed by atoms with Crippen molar-refractivity contribution in [2.75, 3.05) is 13.1 Å². The number of hydrogen-bond donors (Lipinski definition) is 0. The number of aryl methyl sites for hydroxylation is 1. The summed E-state index contributed by atoms with van der Waals surface area (Å²) in [5, 5.41) is 0. The highest BCUT2D eigenvalue weighted by Crippen LogP contribution is 2.18. The minimum atomic E-state index is -0.368. The predicted molar refractivity (Wildman–Crippen MR) is 111 cm³/mol. The van der Waals surface area contributed by atoms with Crippen LogP contribution in [0.1, 0.15) is 25.2 Å². The lowest BCUT2D eigenvalue weighted by Gasteiger charge is -2.35. The van der Waals surface area contributed by atoms with Gasteiger partial charge in [0.2, 0.25) is 0 Å². The zero-order valence-corrected chi connectivity index (χ0v) is 17.3. The third kappa shape index (κ3) is 3.65. The Balaban J connectivity index is 1.85. The van der Waals surface area contributed by atoms with Gasteiger partial charge in [0.05, 0.1) is 18.8 Å². The summed E-state index contributed by atoms with van der Waals surface area (Å²) in [6.45, 7) is 6.85.